The molecule has 0 radical (unpaired) electrons. The van der Waals surface area contributed by atoms with Crippen molar-refractivity contribution in [3.05, 3.63) is 107 Å². The summed E-state index contributed by atoms with van der Waals surface area (Å²) in [6.07, 6.45) is 5.90. The van der Waals surface area contributed by atoms with Crippen LogP contribution >= 0.6 is 0 Å². The van der Waals surface area contributed by atoms with Gasteiger partial charge in [-0.1, -0.05) is 30.4 Å². The molecule has 4 heterocycles. The Hall–Kier alpha value is -5.84. The van der Waals surface area contributed by atoms with E-state index in [2.05, 4.69) is 21.9 Å². The number of ketones is 1. The van der Waals surface area contributed by atoms with Gasteiger partial charge in [-0.05, 0) is 66.8 Å². The molecule has 1 fully saturated rings. The Morgan fingerprint density at radius 2 is 1.92 bits per heavy atom. The average molecular weight is 656 g/mol. The van der Waals surface area contributed by atoms with Gasteiger partial charge in [0.2, 0.25) is 0 Å². The Morgan fingerprint density at radius 1 is 1.10 bits per heavy atom. The van der Waals surface area contributed by atoms with Gasteiger partial charge in [-0.2, -0.15) is 0 Å². The first kappa shape index (κ1) is 31.7. The number of hydrogen-bond donors (Lipinski definition) is 2. The van der Waals surface area contributed by atoms with Crippen LogP contribution in [0, 0.1) is 6.92 Å². The van der Waals surface area contributed by atoms with Crippen molar-refractivity contribution in [3.63, 3.8) is 0 Å². The van der Waals surface area contributed by atoms with Crippen LogP contribution in [0.1, 0.15) is 62.6 Å². The van der Waals surface area contributed by atoms with Crippen molar-refractivity contribution in [1.29, 1.82) is 0 Å². The molecule has 2 amide bonds. The largest absolute Gasteiger partial charge is 0.493 e. The minimum Gasteiger partial charge on any atom is -0.493 e. The first-order valence-electron chi connectivity index (χ1n) is 16.3. The molecule has 4 aromatic rings. The third kappa shape index (κ3) is 6.64. The zero-order valence-electron chi connectivity index (χ0n) is 27.5. The summed E-state index contributed by atoms with van der Waals surface area (Å²) in [5, 5.41) is 2.89. The van der Waals surface area contributed by atoms with Crippen molar-refractivity contribution in [2.24, 2.45) is 17.0 Å². The first-order valence-corrected chi connectivity index (χ1v) is 16.3. The maximum atomic E-state index is 13.1. The first-order chi connectivity index (χ1) is 23.6. The second-order valence-electron chi connectivity index (χ2n) is 12.9. The highest BCUT2D eigenvalue weighted by molar-refractivity contribution is 6.07. The number of anilines is 2. The van der Waals surface area contributed by atoms with Gasteiger partial charge in [0, 0.05) is 56.3 Å². The molecule has 3 aliphatic heterocycles. The van der Waals surface area contributed by atoms with Crippen LogP contribution in [-0.4, -0.2) is 63.2 Å². The standard InChI is InChI=1S/C38H37N7O4/c1-22-13-29-19-40-34-18-35(23(2)14-31(34)38(48)45(29)20-22)49-12-4-5-30(46)17-28-21-44(3)36(41-28)37(47)42-27-10-7-24(8-11-27)32-15-25-6-9-26(39)16-33(25)43-32/h6-11,14,16,18-19,21,29H,1,4-5,12-13,15,17,20,39H2,2-3H3,(H,42,47)/t29-/m0/s1. The quantitative estimate of drug-likeness (QED) is 0.128. The van der Waals surface area contributed by atoms with Crippen molar-refractivity contribution >= 4 is 52.3 Å². The molecule has 0 aliphatic carbocycles. The molecule has 11 nitrogen and oxygen atoms in total. The predicted molar refractivity (Wildman–Crippen MR) is 190 cm³/mol. The van der Waals surface area contributed by atoms with Gasteiger partial charge < -0.3 is 25.3 Å². The highest BCUT2D eigenvalue weighted by Gasteiger charge is 2.34. The monoisotopic (exact) mass is 655 g/mol. The Morgan fingerprint density at radius 3 is 2.73 bits per heavy atom. The zero-order valence-corrected chi connectivity index (χ0v) is 27.5. The summed E-state index contributed by atoms with van der Waals surface area (Å²) in [5.74, 6) is 0.445. The van der Waals surface area contributed by atoms with E-state index in [-0.39, 0.29) is 35.9 Å². The van der Waals surface area contributed by atoms with Crippen molar-refractivity contribution in [2.75, 3.05) is 24.2 Å². The number of amides is 2. The highest BCUT2D eigenvalue weighted by Crippen LogP contribution is 2.35. The minimum atomic E-state index is -0.364. The lowest BCUT2D eigenvalue weighted by Gasteiger charge is -2.20. The number of nitrogen functional groups attached to an aromatic ring is 1. The molecule has 11 heteroatoms. The smallest absolute Gasteiger partial charge is 0.291 e. The Bertz CT molecular complexity index is 2080. The van der Waals surface area contributed by atoms with E-state index in [9.17, 15) is 14.4 Å². The fraction of sp³-hybridized carbons (Fsp3) is 0.263. The maximum absolute atomic E-state index is 13.1. The lowest BCUT2D eigenvalue weighted by Crippen LogP contribution is -2.35. The Kier molecular flexibility index (Phi) is 8.41. The van der Waals surface area contributed by atoms with E-state index in [1.807, 2.05) is 66.6 Å². The Labute approximate surface area is 284 Å². The normalized spacial score (nSPS) is 16.2. The summed E-state index contributed by atoms with van der Waals surface area (Å²) < 4.78 is 7.63. The van der Waals surface area contributed by atoms with Crippen LogP contribution in [0.25, 0.3) is 0 Å². The number of rotatable bonds is 10. The molecule has 1 atom stereocenters. The second-order valence-corrected chi connectivity index (χ2v) is 12.9. The number of nitrogens with one attached hydrogen (secondary N) is 1. The lowest BCUT2D eigenvalue weighted by atomic mass is 10.0. The predicted octanol–water partition coefficient (Wildman–Crippen LogP) is 5.70. The van der Waals surface area contributed by atoms with Crippen molar-refractivity contribution < 1.29 is 19.1 Å². The van der Waals surface area contributed by atoms with Gasteiger partial charge >= 0.3 is 0 Å². The number of aliphatic imine (C=N–C) groups is 2. The fourth-order valence-corrected chi connectivity index (χ4v) is 6.48. The van der Waals surface area contributed by atoms with Gasteiger partial charge in [-0.3, -0.25) is 24.4 Å². The van der Waals surface area contributed by atoms with E-state index >= 15 is 0 Å². The molecule has 1 saturated heterocycles. The molecule has 0 bridgehead atoms. The summed E-state index contributed by atoms with van der Waals surface area (Å²) in [6, 6.07) is 16.8. The third-order valence-corrected chi connectivity index (χ3v) is 9.03. The average Bonchev–Trinajstić information content (AvgIpc) is 3.76. The van der Waals surface area contributed by atoms with Gasteiger partial charge in [0.1, 0.15) is 11.5 Å². The van der Waals surface area contributed by atoms with Gasteiger partial charge in [-0.15, -0.1) is 0 Å². The third-order valence-electron chi connectivity index (χ3n) is 9.03. The molecule has 49 heavy (non-hydrogen) atoms. The second kappa shape index (κ2) is 13.0. The number of imidazole rings is 1. The number of aryl methyl sites for hydroxylation is 2. The van der Waals surface area contributed by atoms with Crippen LogP contribution < -0.4 is 15.8 Å². The molecule has 0 unspecified atom stereocenters. The van der Waals surface area contributed by atoms with Gasteiger partial charge in [0.25, 0.3) is 11.8 Å². The fourth-order valence-electron chi connectivity index (χ4n) is 6.48. The van der Waals surface area contributed by atoms with Crippen LogP contribution in [0.15, 0.2) is 82.9 Å². The van der Waals surface area contributed by atoms with E-state index < -0.39 is 0 Å². The Balaban J connectivity index is 0.894. The molecule has 3 N–H and O–H groups in total. The van der Waals surface area contributed by atoms with Crippen molar-refractivity contribution in [1.82, 2.24) is 14.5 Å². The van der Waals surface area contributed by atoms with Crippen molar-refractivity contribution in [3.8, 4) is 5.75 Å². The number of benzene rings is 3. The molecule has 7 rings (SSSR count). The lowest BCUT2D eigenvalue weighted by molar-refractivity contribution is -0.118. The van der Waals surface area contributed by atoms with Crippen LogP contribution in [0.4, 0.5) is 22.7 Å². The summed E-state index contributed by atoms with van der Waals surface area (Å²) in [4.78, 5) is 54.5. The summed E-state index contributed by atoms with van der Waals surface area (Å²) >= 11 is 0. The number of carbonyl (C=O) groups excluding carboxylic acids is 3. The highest BCUT2D eigenvalue weighted by atomic mass is 16.5. The van der Waals surface area contributed by atoms with Crippen LogP contribution in [-0.2, 0) is 24.7 Å². The van der Waals surface area contributed by atoms with Gasteiger partial charge in [0.05, 0.1) is 47.4 Å². The molecular formula is C38H37N7O4. The van der Waals surface area contributed by atoms with Crippen LogP contribution in [0.5, 0.6) is 5.75 Å². The SMILES string of the molecule is C=C1C[C@H]2C=Nc3cc(OCCCC(=O)Cc4cn(C)c(C(=O)Nc5ccc(C6=Nc7cc(N)ccc7C6)cc5)n4)c(C)cc3C(=O)N2C1. The molecular weight excluding hydrogens is 618 g/mol. The number of hydrogen-bond acceptors (Lipinski definition) is 8. The van der Waals surface area contributed by atoms with E-state index in [0.29, 0.717) is 60.1 Å². The number of fused-ring (bicyclic) bond motifs is 3. The van der Waals surface area contributed by atoms with Crippen LogP contribution in [0.2, 0.25) is 0 Å². The van der Waals surface area contributed by atoms with Crippen LogP contribution in [0.3, 0.4) is 0 Å². The number of aromatic nitrogens is 2. The molecule has 0 saturated carbocycles. The molecule has 248 valence electrons. The molecule has 3 aliphatic rings. The molecule has 1 aromatic heterocycles. The van der Waals surface area contributed by atoms with Gasteiger partial charge in [0.15, 0.2) is 5.82 Å². The number of nitrogens with zero attached hydrogens (tertiary/aromatic N) is 5. The summed E-state index contributed by atoms with van der Waals surface area (Å²) in [7, 11) is 1.73. The van der Waals surface area contributed by atoms with Crippen molar-refractivity contribution in [2.45, 2.75) is 45.1 Å². The zero-order chi connectivity index (χ0) is 34.2. The van der Waals surface area contributed by atoms with E-state index in [1.165, 1.54) is 0 Å². The van der Waals surface area contributed by atoms with E-state index in [0.717, 1.165) is 46.5 Å². The number of carbonyl (C=O) groups is 3. The molecule has 0 spiro atoms. The summed E-state index contributed by atoms with van der Waals surface area (Å²) in [5.41, 5.74) is 14.7. The van der Waals surface area contributed by atoms with Gasteiger partial charge in [-0.25, -0.2) is 4.98 Å². The number of Topliss-reactive ketones (excluding diaryl/α,β-unsaturated/α-hetero) is 1. The van der Waals surface area contributed by atoms with E-state index in [1.54, 1.807) is 23.9 Å². The summed E-state index contributed by atoms with van der Waals surface area (Å²) in [6.45, 7) is 6.81. The molecule has 3 aromatic carbocycles. The van der Waals surface area contributed by atoms with E-state index in [4.69, 9.17) is 15.5 Å². The maximum Gasteiger partial charge on any atom is 0.291 e. The number of ether oxygens (including phenoxy) is 1. The number of nitrogens with two attached hydrogens (primary N) is 1. The topological polar surface area (TPSA) is 144 Å². The minimum absolute atomic E-state index is 0.0000591.